The van der Waals surface area contributed by atoms with Crippen LogP contribution in [-0.2, 0) is 6.54 Å². The summed E-state index contributed by atoms with van der Waals surface area (Å²) in [5, 5.41) is 0. The van der Waals surface area contributed by atoms with Crippen molar-refractivity contribution in [3.8, 4) is 0 Å². The van der Waals surface area contributed by atoms with Gasteiger partial charge in [-0.2, -0.15) is 11.8 Å². The Morgan fingerprint density at radius 1 is 1.42 bits per heavy atom. The number of hydrogen-bond donors (Lipinski definition) is 1. The summed E-state index contributed by atoms with van der Waals surface area (Å²) in [6.07, 6.45) is 2.93. The number of rotatable bonds is 4. The molecule has 3 nitrogen and oxygen atoms in total. The van der Waals surface area contributed by atoms with Gasteiger partial charge < -0.3 is 10.2 Å². The van der Waals surface area contributed by atoms with Crippen LogP contribution in [0.1, 0.15) is 31.6 Å². The Kier molecular flexibility index (Phi) is 4.33. The average Bonchev–Trinajstić information content (AvgIpc) is 2.73. The molecule has 1 saturated heterocycles. The van der Waals surface area contributed by atoms with Crippen LogP contribution in [0.2, 0.25) is 0 Å². The number of thioether (sulfide) groups is 1. The Bertz CT molecular complexity index is 430. The van der Waals surface area contributed by atoms with Crippen LogP contribution in [0.15, 0.2) is 16.7 Å². The molecule has 1 aliphatic heterocycles. The highest BCUT2D eigenvalue weighted by Crippen LogP contribution is 2.41. The van der Waals surface area contributed by atoms with Crippen molar-refractivity contribution in [3.05, 3.63) is 23.7 Å². The predicted molar refractivity (Wildman–Crippen MR) is 82.4 cm³/mol. The van der Waals surface area contributed by atoms with Crippen molar-refractivity contribution in [1.82, 2.24) is 4.90 Å². The third-order valence-corrected chi connectivity index (χ3v) is 5.96. The van der Waals surface area contributed by atoms with Crippen LogP contribution in [-0.4, -0.2) is 35.5 Å². The minimum Gasteiger partial charge on any atom is -0.469 e. The molecule has 1 atom stereocenters. The van der Waals surface area contributed by atoms with Gasteiger partial charge in [0.2, 0.25) is 0 Å². The highest BCUT2D eigenvalue weighted by atomic mass is 32.2. The maximum absolute atomic E-state index is 6.15. The molecular formula is C15H26N2OS. The lowest BCUT2D eigenvalue weighted by atomic mass is 9.79. The van der Waals surface area contributed by atoms with Crippen LogP contribution in [0.25, 0.3) is 0 Å². The lowest BCUT2D eigenvalue weighted by Crippen LogP contribution is -2.58. The molecule has 2 rings (SSSR count). The molecule has 0 amide bonds. The Balaban J connectivity index is 2.14. The first kappa shape index (κ1) is 14.9. The zero-order valence-corrected chi connectivity index (χ0v) is 13.3. The first-order valence-corrected chi connectivity index (χ1v) is 8.06. The Hall–Kier alpha value is -0.450. The van der Waals surface area contributed by atoms with E-state index in [0.717, 1.165) is 31.0 Å². The van der Waals surface area contributed by atoms with Gasteiger partial charge in [-0.15, -0.1) is 0 Å². The molecule has 1 aromatic heterocycles. The van der Waals surface area contributed by atoms with Gasteiger partial charge in [-0.05, 0) is 37.6 Å². The van der Waals surface area contributed by atoms with Crippen molar-refractivity contribution >= 4 is 11.8 Å². The van der Waals surface area contributed by atoms with Gasteiger partial charge in [0.05, 0.1) is 6.26 Å². The molecule has 0 saturated carbocycles. The van der Waals surface area contributed by atoms with Gasteiger partial charge >= 0.3 is 0 Å². The quantitative estimate of drug-likeness (QED) is 0.922. The highest BCUT2D eigenvalue weighted by Gasteiger charge is 2.42. The molecular weight excluding hydrogens is 256 g/mol. The third kappa shape index (κ3) is 3.18. The zero-order chi connectivity index (χ0) is 14.1. The van der Waals surface area contributed by atoms with Gasteiger partial charge in [0, 0.05) is 29.9 Å². The van der Waals surface area contributed by atoms with Crippen LogP contribution in [0.5, 0.6) is 0 Å². The molecule has 108 valence electrons. The third-order valence-electron chi connectivity index (χ3n) is 4.23. The van der Waals surface area contributed by atoms with E-state index < -0.39 is 0 Å². The minimum atomic E-state index is 0.107. The number of furan rings is 1. The van der Waals surface area contributed by atoms with Crippen LogP contribution >= 0.6 is 11.8 Å². The fourth-order valence-corrected chi connectivity index (χ4v) is 4.62. The van der Waals surface area contributed by atoms with Crippen molar-refractivity contribution in [2.24, 2.45) is 11.1 Å². The van der Waals surface area contributed by atoms with E-state index in [-0.39, 0.29) is 5.54 Å². The van der Waals surface area contributed by atoms with Gasteiger partial charge in [0.15, 0.2) is 0 Å². The van der Waals surface area contributed by atoms with E-state index in [0.29, 0.717) is 5.41 Å². The molecule has 2 heterocycles. The topological polar surface area (TPSA) is 42.4 Å². The van der Waals surface area contributed by atoms with Crippen LogP contribution in [0.3, 0.4) is 0 Å². The van der Waals surface area contributed by atoms with Crippen molar-refractivity contribution < 1.29 is 4.42 Å². The van der Waals surface area contributed by atoms with Crippen LogP contribution < -0.4 is 5.73 Å². The SMILES string of the molecule is Cc1occc1CN(C)C1(CN)CSCC(C)(C)C1. The summed E-state index contributed by atoms with van der Waals surface area (Å²) in [4.78, 5) is 2.43. The Morgan fingerprint density at radius 2 is 2.16 bits per heavy atom. The maximum Gasteiger partial charge on any atom is 0.105 e. The fourth-order valence-electron chi connectivity index (χ4n) is 3.04. The van der Waals surface area contributed by atoms with E-state index in [1.165, 1.54) is 11.3 Å². The monoisotopic (exact) mass is 282 g/mol. The largest absolute Gasteiger partial charge is 0.469 e. The van der Waals surface area contributed by atoms with E-state index in [9.17, 15) is 0 Å². The number of likely N-dealkylation sites (N-methyl/N-ethyl adjacent to an activating group) is 1. The number of nitrogens with zero attached hydrogens (tertiary/aromatic N) is 1. The van der Waals surface area contributed by atoms with Gasteiger partial charge in [-0.25, -0.2) is 0 Å². The van der Waals surface area contributed by atoms with Crippen molar-refractivity contribution in [2.45, 2.75) is 39.3 Å². The fraction of sp³-hybridized carbons (Fsp3) is 0.733. The van der Waals surface area contributed by atoms with Crippen molar-refractivity contribution in [3.63, 3.8) is 0 Å². The van der Waals surface area contributed by atoms with Crippen LogP contribution in [0.4, 0.5) is 0 Å². The van der Waals surface area contributed by atoms with Gasteiger partial charge in [-0.3, -0.25) is 4.90 Å². The zero-order valence-electron chi connectivity index (χ0n) is 12.5. The summed E-state index contributed by atoms with van der Waals surface area (Å²) in [7, 11) is 2.20. The maximum atomic E-state index is 6.15. The Morgan fingerprint density at radius 3 is 2.68 bits per heavy atom. The second kappa shape index (κ2) is 5.51. The van der Waals surface area contributed by atoms with Crippen molar-refractivity contribution in [2.75, 3.05) is 25.1 Å². The molecule has 1 aliphatic rings. The van der Waals surface area contributed by atoms with Gasteiger partial charge in [0.1, 0.15) is 5.76 Å². The lowest BCUT2D eigenvalue weighted by molar-refractivity contribution is 0.0866. The van der Waals surface area contributed by atoms with E-state index in [4.69, 9.17) is 10.2 Å². The van der Waals surface area contributed by atoms with E-state index in [1.807, 2.05) is 18.7 Å². The number of nitrogens with two attached hydrogens (primary N) is 1. The highest BCUT2D eigenvalue weighted by molar-refractivity contribution is 7.99. The summed E-state index contributed by atoms with van der Waals surface area (Å²) < 4.78 is 5.40. The van der Waals surface area contributed by atoms with E-state index >= 15 is 0 Å². The molecule has 0 spiro atoms. The van der Waals surface area contributed by atoms with E-state index in [2.05, 4.69) is 31.9 Å². The molecule has 1 fully saturated rings. The summed E-state index contributed by atoms with van der Waals surface area (Å²) in [6, 6.07) is 2.07. The molecule has 0 bridgehead atoms. The smallest absolute Gasteiger partial charge is 0.105 e. The molecule has 19 heavy (non-hydrogen) atoms. The first-order chi connectivity index (χ1) is 8.88. The molecule has 0 aliphatic carbocycles. The normalized spacial score (nSPS) is 26.8. The predicted octanol–water partition coefficient (Wildman–Crippen LogP) is 2.88. The molecule has 2 N–H and O–H groups in total. The van der Waals surface area contributed by atoms with Gasteiger partial charge in [0.25, 0.3) is 0 Å². The summed E-state index contributed by atoms with van der Waals surface area (Å²) >= 11 is 2.03. The van der Waals surface area contributed by atoms with E-state index in [1.54, 1.807) is 6.26 Å². The molecule has 0 radical (unpaired) electrons. The van der Waals surface area contributed by atoms with Gasteiger partial charge in [-0.1, -0.05) is 13.8 Å². The number of hydrogen-bond acceptors (Lipinski definition) is 4. The minimum absolute atomic E-state index is 0.107. The Labute approximate surface area is 120 Å². The molecule has 0 aromatic carbocycles. The standard InChI is InChI=1S/C15H26N2OS/c1-12-13(5-6-18-12)7-17(4)15(9-16)8-14(2,3)10-19-11-15/h5-6H,7-11,16H2,1-4H3. The molecule has 4 heteroatoms. The average molecular weight is 282 g/mol. The molecule has 1 aromatic rings. The summed E-state index contributed by atoms with van der Waals surface area (Å²) in [6.45, 7) is 8.35. The second-order valence-electron chi connectivity index (χ2n) is 6.62. The second-order valence-corrected chi connectivity index (χ2v) is 7.61. The first-order valence-electron chi connectivity index (χ1n) is 6.91. The summed E-state index contributed by atoms with van der Waals surface area (Å²) in [5.41, 5.74) is 7.89. The number of aryl methyl sites for hydroxylation is 1. The molecule has 1 unspecified atom stereocenters. The summed E-state index contributed by atoms with van der Waals surface area (Å²) in [5.74, 6) is 3.37. The lowest BCUT2D eigenvalue weighted by Gasteiger charge is -2.49. The van der Waals surface area contributed by atoms with Crippen molar-refractivity contribution in [1.29, 1.82) is 0 Å². The van der Waals surface area contributed by atoms with Crippen LogP contribution in [0, 0.1) is 12.3 Å².